The minimum atomic E-state index is 0.611. The Morgan fingerprint density at radius 1 is 1.00 bits per heavy atom. The van der Waals surface area contributed by atoms with Crippen molar-refractivity contribution in [3.05, 3.63) is 59.6 Å². The number of aryl methyl sites for hydroxylation is 1. The quantitative estimate of drug-likeness (QED) is 0.655. The van der Waals surface area contributed by atoms with E-state index in [9.17, 15) is 0 Å². The van der Waals surface area contributed by atoms with Gasteiger partial charge in [0.05, 0.1) is 0 Å². The summed E-state index contributed by atoms with van der Waals surface area (Å²) in [6.45, 7) is 0.611. The van der Waals surface area contributed by atoms with E-state index in [2.05, 4.69) is 35.9 Å². The smallest absolute Gasteiger partial charge is 0.276 e. The van der Waals surface area contributed by atoms with Crippen LogP contribution in [0.5, 0.6) is 5.75 Å². The minimum Gasteiger partial charge on any atom is -0.482 e. The number of hydrogen-bond donors (Lipinski definition) is 0. The van der Waals surface area contributed by atoms with Crippen LogP contribution in [0.1, 0.15) is 5.01 Å². The van der Waals surface area contributed by atoms with Crippen molar-refractivity contribution in [3.63, 3.8) is 0 Å². The van der Waals surface area contributed by atoms with Crippen molar-refractivity contribution in [2.45, 2.75) is 6.61 Å². The highest BCUT2D eigenvalue weighted by Crippen LogP contribution is 2.20. The first kappa shape index (κ1) is 11.2. The minimum absolute atomic E-state index is 0.611. The van der Waals surface area contributed by atoms with Gasteiger partial charge in [-0.15, -0.1) is 0 Å². The van der Waals surface area contributed by atoms with Crippen LogP contribution in [0, 0.1) is 0 Å². The van der Waals surface area contributed by atoms with E-state index >= 15 is 0 Å². The molecule has 0 unspecified atom stereocenters. The normalized spacial score (nSPS) is 10.7. The number of nitrogens with zero attached hydrogens (tertiary/aromatic N) is 1. The largest absolute Gasteiger partial charge is 0.482 e. The van der Waals surface area contributed by atoms with Crippen LogP contribution in [0.3, 0.4) is 0 Å². The number of benzene rings is 2. The molecular formula is C15H14NOS+. The number of fused-ring (bicyclic) bond motifs is 1. The van der Waals surface area contributed by atoms with E-state index in [0.29, 0.717) is 6.61 Å². The first-order chi connectivity index (χ1) is 8.84. The highest BCUT2D eigenvalue weighted by molar-refractivity contribution is 7.18. The second-order valence-electron chi connectivity index (χ2n) is 4.12. The van der Waals surface area contributed by atoms with Gasteiger partial charge in [-0.1, -0.05) is 41.7 Å². The zero-order valence-electron chi connectivity index (χ0n) is 10.2. The maximum atomic E-state index is 5.79. The molecule has 2 aromatic carbocycles. The number of rotatable bonds is 3. The van der Waals surface area contributed by atoms with Crippen LogP contribution < -0.4 is 9.30 Å². The Hall–Kier alpha value is -1.87. The van der Waals surface area contributed by atoms with E-state index in [4.69, 9.17) is 4.74 Å². The molecule has 0 bridgehead atoms. The van der Waals surface area contributed by atoms with Crippen molar-refractivity contribution >= 4 is 21.6 Å². The summed E-state index contributed by atoms with van der Waals surface area (Å²) in [5.74, 6) is 0.912. The fraction of sp³-hybridized carbons (Fsp3) is 0.133. The van der Waals surface area contributed by atoms with E-state index < -0.39 is 0 Å². The highest BCUT2D eigenvalue weighted by atomic mass is 32.1. The summed E-state index contributed by atoms with van der Waals surface area (Å²) >= 11 is 1.78. The Bertz CT molecular complexity index is 661. The molecule has 3 heteroatoms. The number of hydrogen-bond acceptors (Lipinski definition) is 2. The van der Waals surface area contributed by atoms with E-state index in [1.165, 1.54) is 15.2 Å². The maximum absolute atomic E-state index is 5.79. The van der Waals surface area contributed by atoms with E-state index in [1.54, 1.807) is 11.3 Å². The maximum Gasteiger partial charge on any atom is 0.276 e. The van der Waals surface area contributed by atoms with Crippen LogP contribution in [0.4, 0.5) is 0 Å². The van der Waals surface area contributed by atoms with Gasteiger partial charge in [-0.2, -0.15) is 4.57 Å². The number of para-hydroxylation sites is 2. The predicted molar refractivity (Wildman–Crippen MR) is 73.8 cm³/mol. The first-order valence-electron chi connectivity index (χ1n) is 5.89. The first-order valence-corrected chi connectivity index (χ1v) is 6.70. The van der Waals surface area contributed by atoms with Gasteiger partial charge in [0, 0.05) is 6.07 Å². The summed E-state index contributed by atoms with van der Waals surface area (Å²) in [6, 6.07) is 18.3. The molecule has 0 amide bonds. The molecule has 0 radical (unpaired) electrons. The number of aromatic nitrogens is 1. The summed E-state index contributed by atoms with van der Waals surface area (Å²) in [4.78, 5) is 0. The molecule has 2 nitrogen and oxygen atoms in total. The lowest BCUT2D eigenvalue weighted by Crippen LogP contribution is -2.31. The molecule has 0 aliphatic carbocycles. The van der Waals surface area contributed by atoms with Gasteiger partial charge in [0.1, 0.15) is 17.5 Å². The fourth-order valence-electron chi connectivity index (χ4n) is 1.94. The van der Waals surface area contributed by atoms with E-state index in [1.807, 2.05) is 30.3 Å². The lowest BCUT2D eigenvalue weighted by atomic mass is 10.3. The van der Waals surface area contributed by atoms with Crippen molar-refractivity contribution in [1.82, 2.24) is 0 Å². The molecule has 0 saturated heterocycles. The molecule has 0 aliphatic heterocycles. The van der Waals surface area contributed by atoms with Gasteiger partial charge in [0.2, 0.25) is 5.52 Å². The van der Waals surface area contributed by atoms with Crippen molar-refractivity contribution in [2.24, 2.45) is 7.05 Å². The second-order valence-corrected chi connectivity index (χ2v) is 5.24. The van der Waals surface area contributed by atoms with Crippen molar-refractivity contribution in [3.8, 4) is 5.75 Å². The van der Waals surface area contributed by atoms with Crippen LogP contribution in [-0.4, -0.2) is 0 Å². The van der Waals surface area contributed by atoms with Crippen molar-refractivity contribution in [2.75, 3.05) is 0 Å². The van der Waals surface area contributed by atoms with Gasteiger partial charge >= 0.3 is 0 Å². The lowest BCUT2D eigenvalue weighted by molar-refractivity contribution is -0.649. The van der Waals surface area contributed by atoms with Gasteiger partial charge in [-0.05, 0) is 18.2 Å². The van der Waals surface area contributed by atoms with Crippen molar-refractivity contribution in [1.29, 1.82) is 0 Å². The third kappa shape index (κ3) is 2.09. The Morgan fingerprint density at radius 2 is 1.72 bits per heavy atom. The summed E-state index contributed by atoms with van der Waals surface area (Å²) < 4.78 is 9.29. The Balaban J connectivity index is 1.85. The molecule has 3 rings (SSSR count). The number of thiazole rings is 1. The third-order valence-corrected chi connectivity index (χ3v) is 4.13. The molecule has 0 N–H and O–H groups in total. The number of ether oxygens (including phenoxy) is 1. The summed E-state index contributed by atoms with van der Waals surface area (Å²) in [7, 11) is 2.09. The van der Waals surface area contributed by atoms with Gasteiger partial charge in [-0.3, -0.25) is 0 Å². The summed E-state index contributed by atoms with van der Waals surface area (Å²) in [5, 5.41) is 1.22. The molecule has 0 spiro atoms. The molecule has 18 heavy (non-hydrogen) atoms. The fourth-order valence-corrected chi connectivity index (χ4v) is 3.00. The van der Waals surface area contributed by atoms with Crippen LogP contribution in [0.25, 0.3) is 10.2 Å². The molecule has 0 saturated carbocycles. The van der Waals surface area contributed by atoms with E-state index in [-0.39, 0.29) is 0 Å². The van der Waals surface area contributed by atoms with Gasteiger partial charge in [-0.25, -0.2) is 0 Å². The van der Waals surface area contributed by atoms with Crippen LogP contribution in [0.2, 0.25) is 0 Å². The lowest BCUT2D eigenvalue weighted by Gasteiger charge is -2.01. The molecule has 1 aromatic heterocycles. The Morgan fingerprint density at radius 3 is 2.50 bits per heavy atom. The molecule has 0 aliphatic rings. The predicted octanol–water partition coefficient (Wildman–Crippen LogP) is 3.30. The third-order valence-electron chi connectivity index (χ3n) is 2.93. The SMILES string of the molecule is C[n+]1c(COc2ccccc2)sc2ccccc21. The topological polar surface area (TPSA) is 13.1 Å². The average molecular weight is 256 g/mol. The standard InChI is InChI=1S/C15H14NOS/c1-16-13-9-5-6-10-14(13)18-15(16)11-17-12-7-3-2-4-8-12/h2-10H,11H2,1H3/q+1. The second kappa shape index (κ2) is 4.78. The summed E-state index contributed by atoms with van der Waals surface area (Å²) in [5.41, 5.74) is 1.26. The molecule has 3 aromatic rings. The Kier molecular flexibility index (Phi) is 2.99. The zero-order valence-corrected chi connectivity index (χ0v) is 11.0. The van der Waals surface area contributed by atoms with E-state index in [0.717, 1.165) is 5.75 Å². The van der Waals surface area contributed by atoms with Crippen LogP contribution >= 0.6 is 11.3 Å². The highest BCUT2D eigenvalue weighted by Gasteiger charge is 2.16. The molecule has 1 heterocycles. The van der Waals surface area contributed by atoms with Crippen LogP contribution in [0.15, 0.2) is 54.6 Å². The summed E-state index contributed by atoms with van der Waals surface area (Å²) in [6.07, 6.45) is 0. The molecule has 90 valence electrons. The molecule has 0 atom stereocenters. The van der Waals surface area contributed by atoms with Crippen molar-refractivity contribution < 1.29 is 9.30 Å². The molecular weight excluding hydrogens is 242 g/mol. The Labute approximate surface area is 110 Å². The monoisotopic (exact) mass is 256 g/mol. The zero-order chi connectivity index (χ0) is 12.4. The van der Waals surface area contributed by atoms with Gasteiger partial charge < -0.3 is 4.74 Å². The average Bonchev–Trinajstić information content (AvgIpc) is 2.75. The van der Waals surface area contributed by atoms with Gasteiger partial charge in [0.25, 0.3) is 5.01 Å². The van der Waals surface area contributed by atoms with Gasteiger partial charge in [0.15, 0.2) is 6.61 Å². The molecule has 0 fully saturated rings. The van der Waals surface area contributed by atoms with Crippen LogP contribution in [-0.2, 0) is 13.7 Å².